The van der Waals surface area contributed by atoms with Crippen molar-refractivity contribution in [2.75, 3.05) is 11.9 Å². The van der Waals surface area contributed by atoms with Crippen molar-refractivity contribution in [2.24, 2.45) is 0 Å². The maximum Gasteiger partial charge on any atom is 0.325 e. The summed E-state index contributed by atoms with van der Waals surface area (Å²) in [6.45, 7) is -0.345. The van der Waals surface area contributed by atoms with Gasteiger partial charge in [-0.1, -0.05) is 48.0 Å². The highest BCUT2D eigenvalue weighted by Crippen LogP contribution is 2.16. The van der Waals surface area contributed by atoms with Crippen molar-refractivity contribution in [1.29, 1.82) is 0 Å². The van der Waals surface area contributed by atoms with Gasteiger partial charge < -0.3 is 10.6 Å². The minimum absolute atomic E-state index is 0.345. The van der Waals surface area contributed by atoms with Gasteiger partial charge in [0.15, 0.2) is 0 Å². The minimum Gasteiger partial charge on any atom is -0.325 e. The summed E-state index contributed by atoms with van der Waals surface area (Å²) >= 11 is 5.86. The second kappa shape index (κ2) is 7.36. The molecule has 2 N–H and O–H groups in total. The van der Waals surface area contributed by atoms with Crippen LogP contribution in [0, 0.1) is 0 Å². The van der Waals surface area contributed by atoms with Gasteiger partial charge in [-0.3, -0.25) is 14.5 Å². The Hall–Kier alpha value is -2.86. The van der Waals surface area contributed by atoms with E-state index in [9.17, 15) is 14.4 Å². The van der Waals surface area contributed by atoms with Gasteiger partial charge in [0.25, 0.3) is 5.91 Å². The Labute approximate surface area is 149 Å². The molecular weight excluding hydrogens is 342 g/mol. The number of anilines is 1. The van der Waals surface area contributed by atoms with Crippen molar-refractivity contribution in [3.8, 4) is 0 Å². The Kier molecular flexibility index (Phi) is 5.00. The number of benzene rings is 2. The van der Waals surface area contributed by atoms with E-state index in [1.165, 1.54) is 0 Å². The molecule has 0 unspecified atom stereocenters. The van der Waals surface area contributed by atoms with Crippen molar-refractivity contribution >= 4 is 35.1 Å². The van der Waals surface area contributed by atoms with E-state index in [0.717, 1.165) is 10.5 Å². The SMILES string of the molecule is O=C(CN1C(=O)N[C@H](Cc2ccccc2)C1=O)Nc1cccc(Cl)c1. The van der Waals surface area contributed by atoms with Gasteiger partial charge in [-0.2, -0.15) is 0 Å². The number of urea groups is 1. The lowest BCUT2D eigenvalue weighted by Crippen LogP contribution is -2.38. The topological polar surface area (TPSA) is 78.5 Å². The van der Waals surface area contributed by atoms with Crippen LogP contribution in [0.5, 0.6) is 0 Å². The summed E-state index contributed by atoms with van der Waals surface area (Å²) in [7, 11) is 0. The monoisotopic (exact) mass is 357 g/mol. The van der Waals surface area contributed by atoms with Crippen LogP contribution in [0.25, 0.3) is 0 Å². The quantitative estimate of drug-likeness (QED) is 0.807. The van der Waals surface area contributed by atoms with Crippen molar-refractivity contribution in [1.82, 2.24) is 10.2 Å². The molecule has 2 aromatic carbocycles. The highest BCUT2D eigenvalue weighted by atomic mass is 35.5. The average Bonchev–Trinajstić information content (AvgIpc) is 2.83. The number of hydrogen-bond donors (Lipinski definition) is 2. The van der Waals surface area contributed by atoms with Crippen molar-refractivity contribution < 1.29 is 14.4 Å². The van der Waals surface area contributed by atoms with Crippen LogP contribution in [0.15, 0.2) is 54.6 Å². The number of carbonyl (C=O) groups is 3. The van der Waals surface area contributed by atoms with Crippen LogP contribution in [0.4, 0.5) is 10.5 Å². The Bertz CT molecular complexity index is 810. The second-order valence-corrected chi connectivity index (χ2v) is 6.11. The number of nitrogens with one attached hydrogen (secondary N) is 2. The van der Waals surface area contributed by atoms with Gasteiger partial charge in [0, 0.05) is 17.1 Å². The van der Waals surface area contributed by atoms with Crippen molar-refractivity contribution in [3.63, 3.8) is 0 Å². The predicted molar refractivity (Wildman–Crippen MR) is 94.3 cm³/mol. The zero-order valence-electron chi connectivity index (χ0n) is 13.2. The first-order valence-electron chi connectivity index (χ1n) is 7.74. The average molecular weight is 358 g/mol. The fraction of sp³-hybridized carbons (Fsp3) is 0.167. The van der Waals surface area contributed by atoms with E-state index in [-0.39, 0.29) is 6.54 Å². The first-order chi connectivity index (χ1) is 12.0. The van der Waals surface area contributed by atoms with E-state index >= 15 is 0 Å². The summed E-state index contributed by atoms with van der Waals surface area (Å²) < 4.78 is 0. The molecule has 0 radical (unpaired) electrons. The fourth-order valence-electron chi connectivity index (χ4n) is 2.63. The largest absolute Gasteiger partial charge is 0.325 e. The third kappa shape index (κ3) is 4.16. The lowest BCUT2D eigenvalue weighted by molar-refractivity contribution is -0.130. The molecule has 2 aromatic rings. The molecular formula is C18H16ClN3O3. The molecule has 128 valence electrons. The van der Waals surface area contributed by atoms with Crippen LogP contribution < -0.4 is 10.6 Å². The molecule has 0 bridgehead atoms. The third-order valence-electron chi connectivity index (χ3n) is 3.80. The summed E-state index contributed by atoms with van der Waals surface area (Å²) in [6, 6.07) is 14.8. The standard InChI is InChI=1S/C18H16ClN3O3/c19-13-7-4-8-14(10-13)20-16(23)11-22-17(24)15(21-18(22)25)9-12-5-2-1-3-6-12/h1-8,10,15H,9,11H2,(H,20,23)(H,21,25)/t15-/m1/s1. The predicted octanol–water partition coefficient (Wildman–Crippen LogP) is 2.44. The highest BCUT2D eigenvalue weighted by molar-refractivity contribution is 6.30. The van der Waals surface area contributed by atoms with Gasteiger partial charge >= 0.3 is 6.03 Å². The molecule has 1 atom stereocenters. The van der Waals surface area contributed by atoms with Crippen LogP contribution >= 0.6 is 11.6 Å². The number of halogens is 1. The lowest BCUT2D eigenvalue weighted by atomic mass is 10.1. The van der Waals surface area contributed by atoms with E-state index in [2.05, 4.69) is 10.6 Å². The fourth-order valence-corrected chi connectivity index (χ4v) is 2.82. The zero-order valence-corrected chi connectivity index (χ0v) is 14.0. The van der Waals surface area contributed by atoms with Crippen LogP contribution in [-0.2, 0) is 16.0 Å². The molecule has 7 heteroatoms. The molecule has 0 spiro atoms. The molecule has 0 aliphatic carbocycles. The summed E-state index contributed by atoms with van der Waals surface area (Å²) in [5, 5.41) is 5.72. The number of imide groups is 1. The normalized spacial score (nSPS) is 16.7. The molecule has 1 aliphatic rings. The molecule has 4 amide bonds. The first kappa shape index (κ1) is 17.0. The summed E-state index contributed by atoms with van der Waals surface area (Å²) in [6.07, 6.45) is 0.387. The minimum atomic E-state index is -0.658. The number of amides is 4. The van der Waals surface area contributed by atoms with Crippen molar-refractivity contribution in [2.45, 2.75) is 12.5 Å². The van der Waals surface area contributed by atoms with E-state index < -0.39 is 23.9 Å². The summed E-state index contributed by atoms with van der Waals surface area (Å²) in [4.78, 5) is 37.5. The number of nitrogens with zero attached hydrogens (tertiary/aromatic N) is 1. The summed E-state index contributed by atoms with van der Waals surface area (Å²) in [5.41, 5.74) is 1.44. The van der Waals surface area contributed by atoms with Gasteiger partial charge in [0.05, 0.1) is 0 Å². The molecule has 1 saturated heterocycles. The Morgan fingerprint density at radius 3 is 2.60 bits per heavy atom. The molecule has 6 nitrogen and oxygen atoms in total. The second-order valence-electron chi connectivity index (χ2n) is 5.67. The first-order valence-corrected chi connectivity index (χ1v) is 8.12. The molecule has 25 heavy (non-hydrogen) atoms. The molecule has 0 aromatic heterocycles. The number of carbonyl (C=O) groups excluding carboxylic acids is 3. The van der Waals surface area contributed by atoms with Gasteiger partial charge in [0.1, 0.15) is 12.6 Å². The Balaban J connectivity index is 1.61. The van der Waals surface area contributed by atoms with Crippen LogP contribution in [0.1, 0.15) is 5.56 Å². The van der Waals surface area contributed by atoms with E-state index in [0.29, 0.717) is 17.1 Å². The number of hydrogen-bond acceptors (Lipinski definition) is 3. The molecule has 1 heterocycles. The van der Waals surface area contributed by atoms with E-state index in [1.807, 2.05) is 30.3 Å². The van der Waals surface area contributed by atoms with Gasteiger partial charge in [0.2, 0.25) is 5.91 Å². The molecule has 1 aliphatic heterocycles. The molecule has 3 rings (SSSR count). The van der Waals surface area contributed by atoms with Crippen LogP contribution in [0.2, 0.25) is 5.02 Å². The third-order valence-corrected chi connectivity index (χ3v) is 4.03. The van der Waals surface area contributed by atoms with Crippen LogP contribution in [0.3, 0.4) is 0 Å². The highest BCUT2D eigenvalue weighted by Gasteiger charge is 2.38. The van der Waals surface area contributed by atoms with Gasteiger partial charge in [-0.05, 0) is 23.8 Å². The van der Waals surface area contributed by atoms with Crippen molar-refractivity contribution in [3.05, 3.63) is 65.2 Å². The maximum absolute atomic E-state index is 12.4. The smallest absolute Gasteiger partial charge is 0.325 e. The van der Waals surface area contributed by atoms with E-state index in [4.69, 9.17) is 11.6 Å². The van der Waals surface area contributed by atoms with Gasteiger partial charge in [-0.15, -0.1) is 0 Å². The molecule has 1 fully saturated rings. The maximum atomic E-state index is 12.4. The van der Waals surface area contributed by atoms with Crippen LogP contribution in [-0.4, -0.2) is 35.3 Å². The van der Waals surface area contributed by atoms with Gasteiger partial charge in [-0.25, -0.2) is 4.79 Å². The Morgan fingerprint density at radius 2 is 1.88 bits per heavy atom. The zero-order chi connectivity index (χ0) is 17.8. The molecule has 0 saturated carbocycles. The Morgan fingerprint density at radius 1 is 1.12 bits per heavy atom. The number of rotatable bonds is 5. The van der Waals surface area contributed by atoms with E-state index in [1.54, 1.807) is 24.3 Å². The summed E-state index contributed by atoms with van der Waals surface area (Å²) in [5.74, 6) is -0.874. The lowest BCUT2D eigenvalue weighted by Gasteiger charge is -2.13.